The fourth-order valence-corrected chi connectivity index (χ4v) is 2.43. The van der Waals surface area contributed by atoms with E-state index in [1.165, 1.54) is 12.2 Å². The summed E-state index contributed by atoms with van der Waals surface area (Å²) in [6.45, 7) is 0.957. The molecule has 0 bridgehead atoms. The molecular formula is C14H19N3S. The van der Waals surface area contributed by atoms with E-state index >= 15 is 0 Å². The van der Waals surface area contributed by atoms with Crippen LogP contribution in [0, 0.1) is 0 Å². The van der Waals surface area contributed by atoms with E-state index in [0.717, 1.165) is 35.2 Å². The lowest BCUT2D eigenvalue weighted by Crippen LogP contribution is -2.05. The highest BCUT2D eigenvalue weighted by molar-refractivity contribution is 7.98. The molecule has 96 valence electrons. The van der Waals surface area contributed by atoms with Crippen molar-refractivity contribution in [3.63, 3.8) is 0 Å². The normalized spacial score (nSPS) is 10.7. The third-order valence-electron chi connectivity index (χ3n) is 2.88. The van der Waals surface area contributed by atoms with Gasteiger partial charge in [-0.1, -0.05) is 18.2 Å². The molecule has 0 aliphatic carbocycles. The molecule has 0 radical (unpaired) electrons. The summed E-state index contributed by atoms with van der Waals surface area (Å²) in [6.07, 6.45) is 6.27. The Labute approximate surface area is 112 Å². The summed E-state index contributed by atoms with van der Waals surface area (Å²) >= 11 is 1.89. The number of hydrogen-bond donors (Lipinski definition) is 2. The quantitative estimate of drug-likeness (QED) is 0.783. The minimum absolute atomic E-state index is 0.721. The summed E-state index contributed by atoms with van der Waals surface area (Å²) < 4.78 is 0. The van der Waals surface area contributed by atoms with Gasteiger partial charge in [0.05, 0.1) is 23.1 Å². The van der Waals surface area contributed by atoms with Gasteiger partial charge in [-0.05, 0) is 30.9 Å². The predicted octanol–water partition coefficient (Wildman–Crippen LogP) is 3.37. The molecule has 3 N–H and O–H groups in total. The summed E-state index contributed by atoms with van der Waals surface area (Å²) in [5, 5.41) is 4.54. The highest BCUT2D eigenvalue weighted by Crippen LogP contribution is 2.27. The van der Waals surface area contributed by atoms with Gasteiger partial charge in [0.1, 0.15) is 0 Å². The molecule has 2 rings (SSSR count). The molecule has 0 aliphatic heterocycles. The maximum Gasteiger partial charge on any atom is 0.0743 e. The number of nitrogens with one attached hydrogen (secondary N) is 1. The van der Waals surface area contributed by atoms with Crippen LogP contribution < -0.4 is 11.1 Å². The fraction of sp³-hybridized carbons (Fsp3) is 0.357. The van der Waals surface area contributed by atoms with Crippen LogP contribution in [0.15, 0.2) is 30.5 Å². The zero-order valence-corrected chi connectivity index (χ0v) is 11.5. The molecule has 2 aromatic rings. The van der Waals surface area contributed by atoms with Crippen LogP contribution in [0.5, 0.6) is 0 Å². The Hall–Kier alpha value is -1.42. The molecule has 0 saturated heterocycles. The predicted molar refractivity (Wildman–Crippen MR) is 82.3 cm³/mol. The first-order chi connectivity index (χ1) is 8.83. The van der Waals surface area contributed by atoms with Crippen molar-refractivity contribution >= 4 is 34.0 Å². The van der Waals surface area contributed by atoms with Crippen LogP contribution in [0.4, 0.5) is 11.4 Å². The van der Waals surface area contributed by atoms with Crippen molar-refractivity contribution in [2.75, 3.05) is 29.6 Å². The van der Waals surface area contributed by atoms with E-state index in [-0.39, 0.29) is 0 Å². The summed E-state index contributed by atoms with van der Waals surface area (Å²) in [5.74, 6) is 1.22. The number of benzene rings is 1. The maximum atomic E-state index is 6.00. The molecule has 0 amide bonds. The van der Waals surface area contributed by atoms with Gasteiger partial charge in [-0.15, -0.1) is 0 Å². The average molecular weight is 261 g/mol. The Morgan fingerprint density at radius 1 is 1.28 bits per heavy atom. The number of aromatic nitrogens is 1. The lowest BCUT2D eigenvalue weighted by atomic mass is 10.1. The largest absolute Gasteiger partial charge is 0.396 e. The summed E-state index contributed by atoms with van der Waals surface area (Å²) in [7, 11) is 0. The number of pyridine rings is 1. The van der Waals surface area contributed by atoms with Crippen molar-refractivity contribution in [3.8, 4) is 0 Å². The number of thioether (sulfide) groups is 1. The Morgan fingerprint density at radius 2 is 2.11 bits per heavy atom. The van der Waals surface area contributed by atoms with Crippen LogP contribution in [0.1, 0.15) is 12.8 Å². The standard InChI is InChI=1S/C14H19N3S/c1-18-9-5-4-8-16-14-11-6-2-3-7-13(11)17-10-12(14)15/h2-3,6-7,10H,4-5,8-9,15H2,1H3,(H,16,17). The van der Waals surface area contributed by atoms with E-state index in [0.29, 0.717) is 0 Å². The van der Waals surface area contributed by atoms with Crippen molar-refractivity contribution in [1.82, 2.24) is 4.98 Å². The van der Waals surface area contributed by atoms with Gasteiger partial charge in [-0.2, -0.15) is 11.8 Å². The average Bonchev–Trinajstić information content (AvgIpc) is 2.41. The second kappa shape index (κ2) is 6.50. The van der Waals surface area contributed by atoms with Crippen LogP contribution in [0.3, 0.4) is 0 Å². The van der Waals surface area contributed by atoms with Crippen molar-refractivity contribution < 1.29 is 0 Å². The highest BCUT2D eigenvalue weighted by atomic mass is 32.2. The topological polar surface area (TPSA) is 50.9 Å². The number of fused-ring (bicyclic) bond motifs is 1. The van der Waals surface area contributed by atoms with E-state index in [1.54, 1.807) is 6.20 Å². The number of unbranched alkanes of at least 4 members (excludes halogenated alkanes) is 1. The van der Waals surface area contributed by atoms with Gasteiger partial charge in [0, 0.05) is 11.9 Å². The molecule has 0 atom stereocenters. The Bertz CT molecular complexity index is 513. The third-order valence-corrected chi connectivity index (χ3v) is 3.58. The molecule has 1 aromatic heterocycles. The van der Waals surface area contributed by atoms with Crippen LogP contribution >= 0.6 is 11.8 Å². The van der Waals surface area contributed by atoms with Crippen LogP contribution in [-0.2, 0) is 0 Å². The summed E-state index contributed by atoms with van der Waals surface area (Å²) in [4.78, 5) is 4.33. The lowest BCUT2D eigenvalue weighted by Gasteiger charge is -2.11. The van der Waals surface area contributed by atoms with E-state index < -0.39 is 0 Å². The summed E-state index contributed by atoms with van der Waals surface area (Å²) in [6, 6.07) is 8.08. The molecule has 4 heteroatoms. The Balaban J connectivity index is 2.09. The van der Waals surface area contributed by atoms with Crippen LogP contribution in [0.2, 0.25) is 0 Å². The number of anilines is 2. The molecule has 0 spiro atoms. The zero-order chi connectivity index (χ0) is 12.8. The van der Waals surface area contributed by atoms with E-state index in [9.17, 15) is 0 Å². The number of hydrogen-bond acceptors (Lipinski definition) is 4. The first-order valence-corrected chi connectivity index (χ1v) is 7.58. The van der Waals surface area contributed by atoms with Gasteiger partial charge in [0.15, 0.2) is 0 Å². The van der Waals surface area contributed by atoms with Crippen molar-refractivity contribution in [2.45, 2.75) is 12.8 Å². The Kier molecular flexibility index (Phi) is 4.70. The highest BCUT2D eigenvalue weighted by Gasteiger charge is 2.05. The molecule has 0 saturated carbocycles. The van der Waals surface area contributed by atoms with E-state index in [4.69, 9.17) is 5.73 Å². The Morgan fingerprint density at radius 3 is 2.94 bits per heavy atom. The molecule has 1 aromatic carbocycles. The fourth-order valence-electron chi connectivity index (χ4n) is 1.94. The number of para-hydroxylation sites is 1. The minimum Gasteiger partial charge on any atom is -0.396 e. The second-order valence-electron chi connectivity index (χ2n) is 4.23. The smallest absolute Gasteiger partial charge is 0.0743 e. The molecule has 0 fully saturated rings. The number of nitrogens with zero attached hydrogens (tertiary/aromatic N) is 1. The number of rotatable bonds is 6. The van der Waals surface area contributed by atoms with Gasteiger partial charge in [0.2, 0.25) is 0 Å². The van der Waals surface area contributed by atoms with Gasteiger partial charge >= 0.3 is 0 Å². The molecule has 18 heavy (non-hydrogen) atoms. The monoisotopic (exact) mass is 261 g/mol. The van der Waals surface area contributed by atoms with Gasteiger partial charge in [-0.3, -0.25) is 4.98 Å². The van der Waals surface area contributed by atoms with Crippen molar-refractivity contribution in [2.24, 2.45) is 0 Å². The molecular weight excluding hydrogens is 242 g/mol. The first-order valence-electron chi connectivity index (χ1n) is 6.19. The van der Waals surface area contributed by atoms with E-state index in [1.807, 2.05) is 30.0 Å². The van der Waals surface area contributed by atoms with Crippen molar-refractivity contribution in [3.05, 3.63) is 30.5 Å². The van der Waals surface area contributed by atoms with Crippen LogP contribution in [0.25, 0.3) is 10.9 Å². The van der Waals surface area contributed by atoms with E-state index in [2.05, 4.69) is 22.6 Å². The van der Waals surface area contributed by atoms with Crippen molar-refractivity contribution in [1.29, 1.82) is 0 Å². The first kappa shape index (κ1) is 13.0. The minimum atomic E-state index is 0.721. The van der Waals surface area contributed by atoms with Crippen LogP contribution in [-0.4, -0.2) is 23.5 Å². The maximum absolute atomic E-state index is 6.00. The zero-order valence-electron chi connectivity index (χ0n) is 10.6. The molecule has 0 unspecified atom stereocenters. The van der Waals surface area contributed by atoms with Gasteiger partial charge < -0.3 is 11.1 Å². The van der Waals surface area contributed by atoms with Gasteiger partial charge in [-0.25, -0.2) is 0 Å². The molecule has 0 aliphatic rings. The molecule has 3 nitrogen and oxygen atoms in total. The lowest BCUT2D eigenvalue weighted by molar-refractivity contribution is 0.844. The third kappa shape index (κ3) is 3.07. The number of nitrogen functional groups attached to an aromatic ring is 1. The SMILES string of the molecule is CSCCCCNc1c(N)cnc2ccccc12. The molecule has 1 heterocycles. The van der Waals surface area contributed by atoms with Gasteiger partial charge in [0.25, 0.3) is 0 Å². The summed E-state index contributed by atoms with van der Waals surface area (Å²) in [5.41, 5.74) is 8.72. The second-order valence-corrected chi connectivity index (χ2v) is 5.22. The number of nitrogens with two attached hydrogens (primary N) is 1.